The van der Waals surface area contributed by atoms with Crippen molar-refractivity contribution in [2.75, 3.05) is 31.6 Å². The minimum Gasteiger partial charge on any atom is -0.475 e. The maximum absolute atomic E-state index is 14.3. The van der Waals surface area contributed by atoms with E-state index in [4.69, 9.17) is 33.1 Å². The Balaban J connectivity index is 0.000000673. The van der Waals surface area contributed by atoms with E-state index in [1.807, 2.05) is 0 Å². The van der Waals surface area contributed by atoms with Crippen LogP contribution in [0.5, 0.6) is 0 Å². The largest absolute Gasteiger partial charge is 0.490 e. The predicted octanol–water partition coefficient (Wildman–Crippen LogP) is 3.68. The van der Waals surface area contributed by atoms with Crippen molar-refractivity contribution in [2.24, 2.45) is 0 Å². The van der Waals surface area contributed by atoms with Crippen molar-refractivity contribution in [3.05, 3.63) is 44.3 Å². The number of esters is 1. The molecule has 1 aliphatic heterocycles. The third kappa shape index (κ3) is 9.20. The molecular weight excluding hydrogens is 617 g/mol. The number of benzene rings is 1. The van der Waals surface area contributed by atoms with Gasteiger partial charge < -0.3 is 20.1 Å². The van der Waals surface area contributed by atoms with Gasteiger partial charge in [0, 0.05) is 19.6 Å². The highest BCUT2D eigenvalue weighted by atomic mass is 35.5. The molecule has 1 aromatic carbocycles. The first-order chi connectivity index (χ1) is 18.1. The number of methoxy groups -OCH3 is 1. The number of aliphatic carboxylic acids is 1. The first-order valence-electron chi connectivity index (χ1n) is 10.7. The van der Waals surface area contributed by atoms with Gasteiger partial charge in [-0.1, -0.05) is 23.2 Å². The number of hydrogen-bond acceptors (Lipinski definition) is 8. The maximum atomic E-state index is 14.3. The van der Waals surface area contributed by atoms with Gasteiger partial charge in [0.2, 0.25) is 10.0 Å². The van der Waals surface area contributed by atoms with Crippen molar-refractivity contribution in [3.8, 4) is 0 Å². The molecule has 2 heterocycles. The number of halogens is 6. The standard InChI is InChI=1S/C19H20Cl2FN3O5S2.C2HF3O2/c1-30-19(27)12(10-23-18(26)14-4-5-16(20)31-14)24-32(28,29)15-9-11(22)8-13(17(15)21)25-6-2-3-7-25;3-2(4,5)1(6)7/h4-5,8-9,12,24H,2-3,6-7,10H2,1H3,(H,23,26);(H,6,7)/t12-;/m0./s1. The van der Waals surface area contributed by atoms with Gasteiger partial charge in [0.05, 0.1) is 27.0 Å². The first kappa shape index (κ1) is 32.6. The van der Waals surface area contributed by atoms with Crippen LogP contribution in [0.2, 0.25) is 9.36 Å². The number of anilines is 1. The van der Waals surface area contributed by atoms with E-state index in [2.05, 4.69) is 14.8 Å². The molecule has 0 bridgehead atoms. The van der Waals surface area contributed by atoms with Crippen LogP contribution in [0.1, 0.15) is 22.5 Å². The number of carbonyl (C=O) groups excluding carboxylic acids is 2. The van der Waals surface area contributed by atoms with Gasteiger partial charge in [-0.15, -0.1) is 11.3 Å². The summed E-state index contributed by atoms with van der Waals surface area (Å²) in [6.07, 6.45) is -3.32. The van der Waals surface area contributed by atoms with Gasteiger partial charge in [0.1, 0.15) is 16.8 Å². The monoisotopic (exact) mass is 637 g/mol. The Bertz CT molecular complexity index is 1320. The molecular formula is C21H21Cl2F4N3O7S2. The smallest absolute Gasteiger partial charge is 0.475 e. The van der Waals surface area contributed by atoms with Crippen molar-refractivity contribution in [3.63, 3.8) is 0 Å². The normalized spacial score (nSPS) is 14.3. The van der Waals surface area contributed by atoms with Gasteiger partial charge in [-0.05, 0) is 37.1 Å². The number of carboxylic acids is 1. The third-order valence-corrected chi connectivity index (χ3v) is 8.25. The summed E-state index contributed by atoms with van der Waals surface area (Å²) in [5.74, 6) is -5.03. The number of sulfonamides is 1. The zero-order valence-corrected chi connectivity index (χ0v) is 23.0. The molecule has 0 unspecified atom stereocenters. The fraction of sp³-hybridized carbons (Fsp3) is 0.381. The van der Waals surface area contributed by atoms with E-state index in [-0.39, 0.29) is 15.6 Å². The highest BCUT2D eigenvalue weighted by Gasteiger charge is 2.38. The molecule has 0 spiro atoms. The molecule has 10 nitrogen and oxygen atoms in total. The zero-order chi connectivity index (χ0) is 29.5. The summed E-state index contributed by atoms with van der Waals surface area (Å²) in [6, 6.07) is 3.51. The minimum atomic E-state index is -5.08. The van der Waals surface area contributed by atoms with E-state index >= 15 is 0 Å². The van der Waals surface area contributed by atoms with Crippen LogP contribution in [-0.4, -0.2) is 70.3 Å². The Morgan fingerprint density at radius 2 is 1.77 bits per heavy atom. The highest BCUT2D eigenvalue weighted by molar-refractivity contribution is 7.89. The number of nitrogens with zero attached hydrogens (tertiary/aromatic N) is 1. The summed E-state index contributed by atoms with van der Waals surface area (Å²) in [5.41, 5.74) is 0.266. The molecule has 1 atom stereocenters. The Hall–Kier alpha value is -2.66. The quantitative estimate of drug-likeness (QED) is 0.294. The molecule has 1 amide bonds. The van der Waals surface area contributed by atoms with E-state index in [9.17, 15) is 35.6 Å². The minimum absolute atomic E-state index is 0.151. The lowest BCUT2D eigenvalue weighted by Crippen LogP contribution is -2.48. The van der Waals surface area contributed by atoms with Crippen LogP contribution in [-0.2, 0) is 24.3 Å². The lowest BCUT2D eigenvalue weighted by Gasteiger charge is -2.22. The van der Waals surface area contributed by atoms with E-state index in [1.54, 1.807) is 4.90 Å². The topological polar surface area (TPSA) is 142 Å². The Morgan fingerprint density at radius 3 is 2.26 bits per heavy atom. The molecule has 3 N–H and O–H groups in total. The van der Waals surface area contributed by atoms with Gasteiger partial charge in [-0.25, -0.2) is 17.6 Å². The van der Waals surface area contributed by atoms with Gasteiger partial charge >= 0.3 is 18.1 Å². The van der Waals surface area contributed by atoms with E-state index in [0.29, 0.717) is 17.4 Å². The highest BCUT2D eigenvalue weighted by Crippen LogP contribution is 2.35. The number of carboxylic acid groups (broad SMARTS) is 1. The summed E-state index contributed by atoms with van der Waals surface area (Å²) in [7, 11) is -3.37. The molecule has 1 fully saturated rings. The van der Waals surface area contributed by atoms with Gasteiger partial charge in [0.25, 0.3) is 5.91 Å². The SMILES string of the molecule is COC(=O)[C@H](CNC(=O)c1ccc(Cl)s1)NS(=O)(=O)c1cc(F)cc(N2CCCC2)c1Cl.O=C(O)C(F)(F)F. The second-order valence-electron chi connectivity index (χ2n) is 7.74. The van der Waals surface area contributed by atoms with E-state index < -0.39 is 57.3 Å². The van der Waals surface area contributed by atoms with Crippen LogP contribution in [0.3, 0.4) is 0 Å². The third-order valence-electron chi connectivity index (χ3n) is 5.01. The predicted molar refractivity (Wildman–Crippen MR) is 134 cm³/mol. The molecule has 0 radical (unpaired) electrons. The van der Waals surface area contributed by atoms with Crippen LogP contribution < -0.4 is 14.9 Å². The molecule has 18 heteroatoms. The number of hydrogen-bond donors (Lipinski definition) is 3. The molecule has 1 saturated heterocycles. The number of carbonyl (C=O) groups is 3. The van der Waals surface area contributed by atoms with E-state index in [0.717, 1.165) is 37.4 Å². The second-order valence-corrected chi connectivity index (χ2v) is 11.5. The molecule has 1 aromatic heterocycles. The Morgan fingerprint density at radius 1 is 1.18 bits per heavy atom. The Kier molecular flexibility index (Phi) is 11.4. The fourth-order valence-corrected chi connectivity index (χ4v) is 6.00. The number of ether oxygens (including phenoxy) is 1. The molecule has 0 saturated carbocycles. The van der Waals surface area contributed by atoms with Gasteiger partial charge in [0.15, 0.2) is 0 Å². The van der Waals surface area contributed by atoms with Gasteiger partial charge in [-0.3, -0.25) is 9.59 Å². The van der Waals surface area contributed by atoms with Crippen molar-refractivity contribution >= 4 is 68.1 Å². The van der Waals surface area contributed by atoms with Crippen LogP contribution in [0, 0.1) is 5.82 Å². The summed E-state index contributed by atoms with van der Waals surface area (Å²) < 4.78 is 79.2. The second kappa shape index (κ2) is 13.6. The summed E-state index contributed by atoms with van der Waals surface area (Å²) in [6.45, 7) is 0.839. The maximum Gasteiger partial charge on any atom is 0.490 e. The fourth-order valence-electron chi connectivity index (χ4n) is 3.22. The van der Waals surface area contributed by atoms with Crippen LogP contribution in [0.4, 0.5) is 23.2 Å². The number of rotatable bonds is 8. The lowest BCUT2D eigenvalue weighted by atomic mass is 10.3. The lowest BCUT2D eigenvalue weighted by molar-refractivity contribution is -0.192. The van der Waals surface area contributed by atoms with Crippen molar-refractivity contribution in [1.29, 1.82) is 0 Å². The van der Waals surface area contributed by atoms with Crippen LogP contribution in [0.15, 0.2) is 29.2 Å². The summed E-state index contributed by atoms with van der Waals surface area (Å²) in [5, 5.41) is 9.43. The van der Waals surface area contributed by atoms with Crippen LogP contribution >= 0.6 is 34.5 Å². The molecule has 216 valence electrons. The van der Waals surface area contributed by atoms with Crippen molar-refractivity contribution in [2.45, 2.75) is 30.0 Å². The average molecular weight is 638 g/mol. The molecule has 1 aliphatic rings. The van der Waals surface area contributed by atoms with Crippen LogP contribution in [0.25, 0.3) is 0 Å². The summed E-state index contributed by atoms with van der Waals surface area (Å²) in [4.78, 5) is 34.9. The number of alkyl halides is 3. The van der Waals surface area contributed by atoms with E-state index in [1.165, 1.54) is 18.2 Å². The first-order valence-corrected chi connectivity index (χ1v) is 13.8. The molecule has 2 aromatic rings. The number of amides is 1. The number of thiophene rings is 1. The molecule has 0 aliphatic carbocycles. The zero-order valence-electron chi connectivity index (χ0n) is 19.9. The molecule has 3 rings (SSSR count). The van der Waals surface area contributed by atoms with Gasteiger partial charge in [-0.2, -0.15) is 17.9 Å². The average Bonchev–Trinajstić information content (AvgIpc) is 3.54. The Labute approximate surface area is 233 Å². The van der Waals surface area contributed by atoms with Crippen molar-refractivity contribution < 1.29 is 50.2 Å². The van der Waals surface area contributed by atoms with Crippen molar-refractivity contribution in [1.82, 2.24) is 10.0 Å². The number of nitrogens with one attached hydrogen (secondary N) is 2. The summed E-state index contributed by atoms with van der Waals surface area (Å²) >= 11 is 13.2. The molecule has 39 heavy (non-hydrogen) atoms.